The number of hydrogen-bond acceptors (Lipinski definition) is 1. The summed E-state index contributed by atoms with van der Waals surface area (Å²) in [5, 5.41) is 3.80. The van der Waals surface area contributed by atoms with Gasteiger partial charge < -0.3 is 5.32 Å². The number of benzene rings is 1. The van der Waals surface area contributed by atoms with E-state index in [0.29, 0.717) is 0 Å². The van der Waals surface area contributed by atoms with Crippen LogP contribution in [0.1, 0.15) is 68.9 Å². The molecular weight excluding hydrogens is 254 g/mol. The first-order valence-electron chi connectivity index (χ1n) is 9.00. The second kappa shape index (κ2) is 6.96. The molecule has 1 aromatic carbocycles. The fourth-order valence-corrected chi connectivity index (χ4v) is 4.29. The summed E-state index contributed by atoms with van der Waals surface area (Å²) < 4.78 is 0. The van der Waals surface area contributed by atoms with E-state index in [0.717, 1.165) is 23.8 Å². The maximum Gasteiger partial charge on any atom is 0.00787 e. The first-order valence-corrected chi connectivity index (χ1v) is 9.00. The second-order valence-electron chi connectivity index (χ2n) is 7.66. The predicted octanol–water partition coefficient (Wildman–Crippen LogP) is 5.05. The van der Waals surface area contributed by atoms with Crippen molar-refractivity contribution in [3.05, 3.63) is 35.4 Å². The first-order chi connectivity index (χ1) is 10.2. The monoisotopic (exact) mass is 285 g/mol. The van der Waals surface area contributed by atoms with Crippen LogP contribution in [0.3, 0.4) is 0 Å². The molecule has 2 fully saturated rings. The lowest BCUT2D eigenvalue weighted by molar-refractivity contribution is 0.246. The molecule has 0 heterocycles. The molecule has 1 aromatic rings. The van der Waals surface area contributed by atoms with Crippen LogP contribution < -0.4 is 5.32 Å². The zero-order valence-electron chi connectivity index (χ0n) is 13.8. The Morgan fingerprint density at radius 2 is 2.00 bits per heavy atom. The van der Waals surface area contributed by atoms with Gasteiger partial charge in [0, 0.05) is 6.04 Å². The van der Waals surface area contributed by atoms with Crippen LogP contribution in [0.2, 0.25) is 0 Å². The third kappa shape index (κ3) is 4.10. The molecule has 116 valence electrons. The van der Waals surface area contributed by atoms with E-state index in [1.165, 1.54) is 57.1 Å². The van der Waals surface area contributed by atoms with E-state index in [-0.39, 0.29) is 0 Å². The van der Waals surface area contributed by atoms with Gasteiger partial charge in [-0.1, -0.05) is 56.0 Å². The quantitative estimate of drug-likeness (QED) is 0.798. The standard InChI is InChI=1S/C20H31N/c1-15-5-3-7-17(11-15)9-10-21-20-13-19(14-20)18-8-4-6-16(2)12-18/h4,6,8,12,15,17,19-21H,3,5,7,9-11,13-14H2,1-2H3. The second-order valence-corrected chi connectivity index (χ2v) is 7.66. The van der Waals surface area contributed by atoms with Gasteiger partial charge >= 0.3 is 0 Å². The fourth-order valence-electron chi connectivity index (χ4n) is 4.29. The van der Waals surface area contributed by atoms with Crippen LogP contribution in [0, 0.1) is 18.8 Å². The molecule has 21 heavy (non-hydrogen) atoms. The van der Waals surface area contributed by atoms with Crippen molar-refractivity contribution in [2.24, 2.45) is 11.8 Å². The highest BCUT2D eigenvalue weighted by molar-refractivity contribution is 5.27. The van der Waals surface area contributed by atoms with Gasteiger partial charge in [0.1, 0.15) is 0 Å². The van der Waals surface area contributed by atoms with Crippen molar-refractivity contribution in [1.82, 2.24) is 5.32 Å². The maximum atomic E-state index is 3.80. The Morgan fingerprint density at radius 3 is 2.76 bits per heavy atom. The van der Waals surface area contributed by atoms with E-state index in [2.05, 4.69) is 43.4 Å². The minimum atomic E-state index is 0.775. The van der Waals surface area contributed by atoms with Crippen molar-refractivity contribution < 1.29 is 0 Å². The molecule has 2 aliphatic rings. The molecule has 2 atom stereocenters. The Kier molecular flexibility index (Phi) is 5.00. The van der Waals surface area contributed by atoms with E-state index in [1.54, 1.807) is 5.56 Å². The summed E-state index contributed by atoms with van der Waals surface area (Å²) >= 11 is 0. The third-order valence-corrected chi connectivity index (χ3v) is 5.68. The molecule has 0 saturated heterocycles. The average molecular weight is 285 g/mol. The highest BCUT2D eigenvalue weighted by atomic mass is 14.9. The van der Waals surface area contributed by atoms with Gasteiger partial charge in [-0.05, 0) is 62.5 Å². The van der Waals surface area contributed by atoms with Crippen molar-refractivity contribution in [3.8, 4) is 0 Å². The van der Waals surface area contributed by atoms with Crippen molar-refractivity contribution in [2.45, 2.75) is 70.8 Å². The summed E-state index contributed by atoms with van der Waals surface area (Å²) in [6, 6.07) is 9.84. The highest BCUT2D eigenvalue weighted by Crippen LogP contribution is 2.37. The Hall–Kier alpha value is -0.820. The van der Waals surface area contributed by atoms with E-state index in [1.807, 2.05) is 0 Å². The highest BCUT2D eigenvalue weighted by Gasteiger charge is 2.30. The molecule has 1 heteroatoms. The largest absolute Gasteiger partial charge is 0.314 e. The van der Waals surface area contributed by atoms with E-state index in [4.69, 9.17) is 0 Å². The zero-order chi connectivity index (χ0) is 14.7. The van der Waals surface area contributed by atoms with Crippen LogP contribution in [-0.4, -0.2) is 12.6 Å². The summed E-state index contributed by atoms with van der Waals surface area (Å²) in [6.07, 6.45) is 9.95. The predicted molar refractivity (Wildman–Crippen MR) is 90.7 cm³/mol. The van der Waals surface area contributed by atoms with Gasteiger partial charge in [0.05, 0.1) is 0 Å². The van der Waals surface area contributed by atoms with Crippen LogP contribution in [0.4, 0.5) is 0 Å². The van der Waals surface area contributed by atoms with Crippen molar-refractivity contribution in [2.75, 3.05) is 6.54 Å². The molecule has 0 aliphatic heterocycles. The number of hydrogen-bond donors (Lipinski definition) is 1. The van der Waals surface area contributed by atoms with Gasteiger partial charge in [0.25, 0.3) is 0 Å². The van der Waals surface area contributed by atoms with E-state index < -0.39 is 0 Å². The SMILES string of the molecule is Cc1cccc(C2CC(NCCC3CCCC(C)C3)C2)c1. The van der Waals surface area contributed by atoms with Crippen molar-refractivity contribution >= 4 is 0 Å². The van der Waals surface area contributed by atoms with Crippen LogP contribution in [-0.2, 0) is 0 Å². The molecule has 2 saturated carbocycles. The van der Waals surface area contributed by atoms with E-state index in [9.17, 15) is 0 Å². The van der Waals surface area contributed by atoms with Gasteiger partial charge in [-0.15, -0.1) is 0 Å². The van der Waals surface area contributed by atoms with Crippen LogP contribution in [0.25, 0.3) is 0 Å². The molecule has 0 radical (unpaired) electrons. The molecule has 2 aliphatic carbocycles. The Morgan fingerprint density at radius 1 is 1.14 bits per heavy atom. The summed E-state index contributed by atoms with van der Waals surface area (Å²) in [5.41, 5.74) is 2.95. The van der Waals surface area contributed by atoms with Crippen LogP contribution >= 0.6 is 0 Å². The lowest BCUT2D eigenvalue weighted by atomic mass is 9.75. The zero-order valence-corrected chi connectivity index (χ0v) is 13.8. The number of nitrogens with one attached hydrogen (secondary N) is 1. The van der Waals surface area contributed by atoms with Gasteiger partial charge in [-0.2, -0.15) is 0 Å². The fraction of sp³-hybridized carbons (Fsp3) is 0.700. The topological polar surface area (TPSA) is 12.0 Å². The van der Waals surface area contributed by atoms with E-state index >= 15 is 0 Å². The van der Waals surface area contributed by atoms with Gasteiger partial charge in [-0.25, -0.2) is 0 Å². The molecule has 0 amide bonds. The molecule has 0 spiro atoms. The Bertz CT molecular complexity index is 447. The minimum absolute atomic E-state index is 0.775. The third-order valence-electron chi connectivity index (χ3n) is 5.68. The maximum absolute atomic E-state index is 3.80. The molecule has 0 bridgehead atoms. The summed E-state index contributed by atoms with van der Waals surface area (Å²) in [4.78, 5) is 0. The summed E-state index contributed by atoms with van der Waals surface area (Å²) in [7, 11) is 0. The Balaban J connectivity index is 1.34. The molecule has 1 N–H and O–H groups in total. The lowest BCUT2D eigenvalue weighted by Crippen LogP contribution is -2.41. The van der Waals surface area contributed by atoms with Crippen LogP contribution in [0.15, 0.2) is 24.3 Å². The average Bonchev–Trinajstić information content (AvgIpc) is 2.41. The van der Waals surface area contributed by atoms with Crippen molar-refractivity contribution in [3.63, 3.8) is 0 Å². The molecule has 3 rings (SSSR count). The van der Waals surface area contributed by atoms with Gasteiger partial charge in [0.2, 0.25) is 0 Å². The molecule has 1 nitrogen and oxygen atoms in total. The van der Waals surface area contributed by atoms with Crippen molar-refractivity contribution in [1.29, 1.82) is 0 Å². The molecular formula is C20H31N. The molecule has 2 unspecified atom stereocenters. The smallest absolute Gasteiger partial charge is 0.00787 e. The number of aryl methyl sites for hydroxylation is 1. The normalized spacial score (nSPS) is 32.7. The lowest BCUT2D eigenvalue weighted by Gasteiger charge is -2.37. The Labute approximate surface area is 130 Å². The molecule has 0 aromatic heterocycles. The van der Waals surface area contributed by atoms with Gasteiger partial charge in [-0.3, -0.25) is 0 Å². The summed E-state index contributed by atoms with van der Waals surface area (Å²) in [5.74, 6) is 2.77. The summed E-state index contributed by atoms with van der Waals surface area (Å²) in [6.45, 7) is 5.86. The van der Waals surface area contributed by atoms with Gasteiger partial charge in [0.15, 0.2) is 0 Å². The minimum Gasteiger partial charge on any atom is -0.314 e. The van der Waals surface area contributed by atoms with Crippen LogP contribution in [0.5, 0.6) is 0 Å². The number of rotatable bonds is 5. The first kappa shape index (κ1) is 15.1.